The molecule has 0 aromatic rings. The maximum atomic E-state index is 11.9. The van der Waals surface area contributed by atoms with Crippen LogP contribution in [0.2, 0.25) is 0 Å². The molecular weight excluding hydrogens is 284 g/mol. The predicted molar refractivity (Wildman–Crippen MR) is 80.8 cm³/mol. The van der Waals surface area contributed by atoms with E-state index < -0.39 is 30.1 Å². The van der Waals surface area contributed by atoms with E-state index in [-0.39, 0.29) is 6.61 Å². The minimum Gasteiger partial charge on any atom is -0.461 e. The van der Waals surface area contributed by atoms with Crippen molar-refractivity contribution in [2.75, 3.05) is 6.61 Å². The molecule has 1 aliphatic carbocycles. The van der Waals surface area contributed by atoms with Crippen LogP contribution in [0.4, 0.5) is 0 Å². The van der Waals surface area contributed by atoms with Crippen molar-refractivity contribution in [1.82, 2.24) is 0 Å². The average molecular weight is 306 g/mol. The van der Waals surface area contributed by atoms with Crippen LogP contribution in [-0.2, 0) is 19.1 Å². The van der Waals surface area contributed by atoms with Gasteiger partial charge < -0.3 is 14.6 Å². The van der Waals surface area contributed by atoms with E-state index in [1.165, 1.54) is 6.92 Å². The van der Waals surface area contributed by atoms with Crippen LogP contribution in [0.25, 0.3) is 0 Å². The van der Waals surface area contributed by atoms with Crippen LogP contribution < -0.4 is 0 Å². The van der Waals surface area contributed by atoms with Crippen molar-refractivity contribution >= 4 is 11.9 Å². The third kappa shape index (κ3) is 3.65. The predicted octanol–water partition coefficient (Wildman–Crippen LogP) is 2.06. The molecule has 0 aromatic carbocycles. The first-order valence-electron chi connectivity index (χ1n) is 7.45. The summed E-state index contributed by atoms with van der Waals surface area (Å²) in [6, 6.07) is 0. The first-order valence-corrected chi connectivity index (χ1v) is 7.45. The molecule has 2 aliphatic rings. The van der Waals surface area contributed by atoms with Crippen LogP contribution >= 0.6 is 0 Å². The molecule has 0 bridgehead atoms. The van der Waals surface area contributed by atoms with E-state index in [0.717, 1.165) is 17.6 Å². The summed E-state index contributed by atoms with van der Waals surface area (Å²) in [5.41, 5.74) is 2.21. The maximum Gasteiger partial charge on any atom is 0.334 e. The molecule has 1 saturated heterocycles. The minimum atomic E-state index is -0.544. The number of hydrogen-bond donors (Lipinski definition) is 1. The molecule has 2 rings (SSSR count). The van der Waals surface area contributed by atoms with Gasteiger partial charge in [-0.2, -0.15) is 0 Å². The van der Waals surface area contributed by atoms with Crippen LogP contribution in [0.5, 0.6) is 0 Å². The number of fused-ring (bicyclic) bond motifs is 1. The van der Waals surface area contributed by atoms with Crippen molar-refractivity contribution in [1.29, 1.82) is 0 Å². The van der Waals surface area contributed by atoms with Crippen molar-refractivity contribution in [2.45, 2.75) is 45.3 Å². The molecule has 1 heterocycles. The number of esters is 2. The SMILES string of the molecule is C=C1C(=O)O[C@@H]2/C=C(\CO)CC/C=C(\C)C[C@H](OC(C)=O)[C@@H]12. The molecule has 0 spiro atoms. The van der Waals surface area contributed by atoms with Gasteiger partial charge in [0.05, 0.1) is 12.5 Å². The summed E-state index contributed by atoms with van der Waals surface area (Å²) in [7, 11) is 0. The third-order valence-corrected chi connectivity index (χ3v) is 4.06. The summed E-state index contributed by atoms with van der Waals surface area (Å²) in [6.07, 6.45) is 4.84. The Hall–Kier alpha value is -1.88. The van der Waals surface area contributed by atoms with Gasteiger partial charge in [0.25, 0.3) is 0 Å². The van der Waals surface area contributed by atoms with Gasteiger partial charge in [-0.05, 0) is 31.4 Å². The summed E-state index contributed by atoms with van der Waals surface area (Å²) in [6.45, 7) is 7.03. The third-order valence-electron chi connectivity index (χ3n) is 4.06. The standard InChI is InChI=1S/C17H22O5/c1-10-5-4-6-13(9-18)8-15-16(11(2)17(20)22-15)14(7-10)21-12(3)19/h5,8,14-16,18H,2,4,6-7,9H2,1,3H3/b10-5+,13-8-/t14-,15+,16+/m0/s1. The zero-order chi connectivity index (χ0) is 16.3. The number of hydrogen-bond acceptors (Lipinski definition) is 5. The van der Waals surface area contributed by atoms with E-state index in [9.17, 15) is 14.7 Å². The summed E-state index contributed by atoms with van der Waals surface area (Å²) in [5.74, 6) is -1.28. The Kier molecular flexibility index (Phi) is 5.19. The molecule has 0 aromatic heterocycles. The highest BCUT2D eigenvalue weighted by Gasteiger charge is 2.44. The van der Waals surface area contributed by atoms with Crippen LogP contribution in [0, 0.1) is 5.92 Å². The molecule has 5 nitrogen and oxygen atoms in total. The Balaban J connectivity index is 2.40. The lowest BCUT2D eigenvalue weighted by molar-refractivity contribution is -0.149. The Morgan fingerprint density at radius 2 is 2.27 bits per heavy atom. The van der Waals surface area contributed by atoms with Gasteiger partial charge in [-0.3, -0.25) is 4.79 Å². The van der Waals surface area contributed by atoms with Crippen molar-refractivity contribution < 1.29 is 24.2 Å². The second kappa shape index (κ2) is 6.92. The van der Waals surface area contributed by atoms with Gasteiger partial charge >= 0.3 is 11.9 Å². The molecule has 5 heteroatoms. The van der Waals surface area contributed by atoms with Gasteiger partial charge in [0, 0.05) is 18.9 Å². The van der Waals surface area contributed by atoms with E-state index in [1.807, 2.05) is 6.92 Å². The molecule has 3 atom stereocenters. The topological polar surface area (TPSA) is 72.8 Å². The Morgan fingerprint density at radius 1 is 1.55 bits per heavy atom. The van der Waals surface area contributed by atoms with Crippen molar-refractivity contribution in [3.05, 3.63) is 35.5 Å². The lowest BCUT2D eigenvalue weighted by Gasteiger charge is -2.27. The molecule has 1 fully saturated rings. The largest absolute Gasteiger partial charge is 0.461 e. The highest BCUT2D eigenvalue weighted by Crippen LogP contribution is 2.36. The molecule has 1 aliphatic heterocycles. The van der Waals surface area contributed by atoms with E-state index in [0.29, 0.717) is 18.4 Å². The van der Waals surface area contributed by atoms with Crippen molar-refractivity contribution in [2.24, 2.45) is 5.92 Å². The Bertz CT molecular complexity index is 543. The smallest absolute Gasteiger partial charge is 0.334 e. The Morgan fingerprint density at radius 3 is 2.91 bits per heavy atom. The number of aliphatic hydroxyl groups excluding tert-OH is 1. The number of carbonyl (C=O) groups excluding carboxylic acids is 2. The van der Waals surface area contributed by atoms with E-state index in [2.05, 4.69) is 12.7 Å². The van der Waals surface area contributed by atoms with E-state index in [1.54, 1.807) is 6.08 Å². The normalized spacial score (nSPS) is 33.9. The molecule has 1 N–H and O–H groups in total. The highest BCUT2D eigenvalue weighted by atomic mass is 16.6. The fraction of sp³-hybridized carbons (Fsp3) is 0.529. The Labute approximate surface area is 130 Å². The number of carbonyl (C=O) groups is 2. The molecule has 0 saturated carbocycles. The summed E-state index contributed by atoms with van der Waals surface area (Å²) in [5, 5.41) is 9.46. The van der Waals surface area contributed by atoms with Crippen molar-refractivity contribution in [3.63, 3.8) is 0 Å². The molecule has 120 valence electrons. The zero-order valence-electron chi connectivity index (χ0n) is 13.0. The van der Waals surface area contributed by atoms with Crippen LogP contribution in [-0.4, -0.2) is 35.9 Å². The summed E-state index contributed by atoms with van der Waals surface area (Å²) in [4.78, 5) is 23.3. The van der Waals surface area contributed by atoms with Crippen LogP contribution in [0.1, 0.15) is 33.1 Å². The first kappa shape index (κ1) is 16.5. The zero-order valence-corrected chi connectivity index (χ0v) is 13.0. The number of rotatable bonds is 2. The van der Waals surface area contributed by atoms with Gasteiger partial charge in [-0.15, -0.1) is 0 Å². The summed E-state index contributed by atoms with van der Waals surface area (Å²) < 4.78 is 10.8. The molecule has 22 heavy (non-hydrogen) atoms. The minimum absolute atomic E-state index is 0.0850. The van der Waals surface area contributed by atoms with Gasteiger partial charge in [0.1, 0.15) is 12.2 Å². The van der Waals surface area contributed by atoms with Gasteiger partial charge in [-0.1, -0.05) is 18.2 Å². The highest BCUT2D eigenvalue weighted by molar-refractivity contribution is 5.91. The number of ether oxygens (including phenoxy) is 2. The molecule has 0 amide bonds. The fourth-order valence-electron chi connectivity index (χ4n) is 2.99. The maximum absolute atomic E-state index is 11.9. The lowest BCUT2D eigenvalue weighted by Crippen LogP contribution is -2.33. The number of aliphatic hydroxyl groups is 1. The quantitative estimate of drug-likeness (QED) is 0.480. The molecular formula is C17H22O5. The average Bonchev–Trinajstić information content (AvgIpc) is 2.71. The molecule has 0 radical (unpaired) electrons. The van der Waals surface area contributed by atoms with Crippen LogP contribution in [0.15, 0.2) is 35.5 Å². The monoisotopic (exact) mass is 306 g/mol. The second-order valence-electron chi connectivity index (χ2n) is 5.85. The van der Waals surface area contributed by atoms with Crippen molar-refractivity contribution in [3.8, 4) is 0 Å². The van der Waals surface area contributed by atoms with E-state index in [4.69, 9.17) is 9.47 Å². The van der Waals surface area contributed by atoms with Gasteiger partial charge in [0.2, 0.25) is 0 Å². The number of allylic oxidation sites excluding steroid dienone is 1. The molecule has 0 unspecified atom stereocenters. The van der Waals surface area contributed by atoms with Crippen LogP contribution in [0.3, 0.4) is 0 Å². The summed E-state index contributed by atoms with van der Waals surface area (Å²) >= 11 is 0. The van der Waals surface area contributed by atoms with E-state index >= 15 is 0 Å². The van der Waals surface area contributed by atoms with Gasteiger partial charge in [0.15, 0.2) is 0 Å². The first-order chi connectivity index (χ1) is 10.4. The second-order valence-corrected chi connectivity index (χ2v) is 5.85. The lowest BCUT2D eigenvalue weighted by atomic mass is 9.85. The van der Waals surface area contributed by atoms with Gasteiger partial charge in [-0.25, -0.2) is 4.79 Å². The fourth-order valence-corrected chi connectivity index (χ4v) is 2.99.